The number of esters is 2. The summed E-state index contributed by atoms with van der Waals surface area (Å²) in [6.07, 6.45) is 3.61. The molecular weight excluding hydrogens is 791 g/mol. The lowest BCUT2D eigenvalue weighted by atomic mass is 9.92. The number of amides is 4. The zero-order valence-electron chi connectivity index (χ0n) is 36.7. The highest BCUT2D eigenvalue weighted by Gasteiger charge is 2.39. The van der Waals surface area contributed by atoms with E-state index in [-0.39, 0.29) is 60.7 Å². The Morgan fingerprint density at radius 2 is 1.72 bits per heavy atom. The van der Waals surface area contributed by atoms with Crippen LogP contribution in [0.2, 0.25) is 0 Å². The average molecular weight is 858 g/mol. The number of piperidine rings is 1. The van der Waals surface area contributed by atoms with E-state index in [1.54, 1.807) is 43.6 Å². The van der Waals surface area contributed by atoms with Crippen LogP contribution >= 0.6 is 11.3 Å². The fraction of sp³-hybridized carbons (Fsp3) is 0.651. The quantitative estimate of drug-likeness (QED) is 0.0589. The second kappa shape index (κ2) is 24.6. The first-order valence-corrected chi connectivity index (χ1v) is 22.0. The Bertz CT molecular complexity index is 1720. The molecule has 0 aliphatic carbocycles. The fourth-order valence-electron chi connectivity index (χ4n) is 7.33. The molecule has 2 aromatic rings. The maximum atomic E-state index is 14.8. The van der Waals surface area contributed by atoms with Crippen molar-refractivity contribution in [2.45, 2.75) is 137 Å². The van der Waals surface area contributed by atoms with Crippen molar-refractivity contribution in [3.8, 4) is 5.75 Å². The molecule has 1 saturated heterocycles. The molecule has 1 unspecified atom stereocenters. The number of aromatic nitrogens is 1. The molecule has 0 spiro atoms. The number of nitrogens with one attached hydrogen (secondary N) is 4. The van der Waals surface area contributed by atoms with Crippen LogP contribution in [0.4, 0.5) is 0 Å². The first-order chi connectivity index (χ1) is 28.5. The van der Waals surface area contributed by atoms with Gasteiger partial charge < -0.3 is 30.1 Å². The average Bonchev–Trinajstić information content (AvgIpc) is 3.70. The number of carbonyl (C=O) groups is 6. The second-order valence-electron chi connectivity index (χ2n) is 16.2. The summed E-state index contributed by atoms with van der Waals surface area (Å²) in [5, 5.41) is 17.7. The predicted octanol–water partition coefficient (Wildman–Crippen LogP) is 4.63. The lowest BCUT2D eigenvalue weighted by Crippen LogP contribution is -2.59. The molecule has 1 aliphatic heterocycles. The number of hydrogen-bond donors (Lipinski definition) is 5. The highest BCUT2D eigenvalue weighted by Crippen LogP contribution is 2.32. The number of ether oxygens (including phenoxy) is 2. The summed E-state index contributed by atoms with van der Waals surface area (Å²) in [5.41, 5.74) is 6.12. The maximum absolute atomic E-state index is 14.8. The Balaban J connectivity index is 1.95. The highest BCUT2D eigenvalue weighted by atomic mass is 32.1. The number of benzene rings is 1. The first-order valence-electron chi connectivity index (χ1n) is 21.1. The molecule has 1 aliphatic rings. The van der Waals surface area contributed by atoms with E-state index in [1.165, 1.54) is 11.8 Å². The minimum atomic E-state index is -0.992. The Morgan fingerprint density at radius 3 is 2.32 bits per heavy atom. The van der Waals surface area contributed by atoms with E-state index in [1.807, 2.05) is 46.6 Å². The molecule has 1 fully saturated rings. The number of nitrogens with zero attached hydrogens (tertiary/aromatic N) is 3. The van der Waals surface area contributed by atoms with Crippen LogP contribution in [0.1, 0.15) is 127 Å². The van der Waals surface area contributed by atoms with Crippen molar-refractivity contribution in [3.05, 3.63) is 45.9 Å². The van der Waals surface area contributed by atoms with Crippen LogP contribution in [0.25, 0.3) is 0 Å². The number of aromatic hydroxyl groups is 1. The molecule has 17 heteroatoms. The second-order valence-corrected chi connectivity index (χ2v) is 17.1. The van der Waals surface area contributed by atoms with Crippen LogP contribution in [0.15, 0.2) is 29.6 Å². The SMILES string of the molecule is CCCC(=O)OCN(C(=O)[C@@H](NC(=O)[C@H]1CCCCN1C)C(C)CC)[C@H](C[C@@H](OC(C)=O)c1nc(C(=O)N[C@@H](Cc2ccc(O)cc2)C[C@H](C)C(=O)NNC)cs1)C(C)C. The molecule has 1 aromatic heterocycles. The molecule has 16 nitrogen and oxygen atoms in total. The Morgan fingerprint density at radius 1 is 1.02 bits per heavy atom. The van der Waals surface area contributed by atoms with Crippen molar-refractivity contribution in [1.29, 1.82) is 0 Å². The lowest BCUT2D eigenvalue weighted by molar-refractivity contribution is -0.160. The number of rotatable bonds is 23. The maximum Gasteiger partial charge on any atom is 0.307 e. The molecule has 0 saturated carbocycles. The summed E-state index contributed by atoms with van der Waals surface area (Å²) in [6.45, 7) is 12.9. The van der Waals surface area contributed by atoms with Crippen LogP contribution in [0, 0.1) is 17.8 Å². The molecule has 334 valence electrons. The molecule has 5 N–H and O–H groups in total. The molecule has 1 aromatic carbocycles. The summed E-state index contributed by atoms with van der Waals surface area (Å²) in [4.78, 5) is 88.3. The van der Waals surface area contributed by atoms with Crippen molar-refractivity contribution in [3.63, 3.8) is 0 Å². The summed E-state index contributed by atoms with van der Waals surface area (Å²) in [7, 11) is 3.49. The van der Waals surface area contributed by atoms with E-state index in [0.29, 0.717) is 37.1 Å². The van der Waals surface area contributed by atoms with E-state index >= 15 is 0 Å². The van der Waals surface area contributed by atoms with Gasteiger partial charge in [-0.2, -0.15) is 0 Å². The standard InChI is InChI=1S/C43H67N7O9S/c1-10-14-37(53)58-25-50(43(57)38(27(5)11-2)47-41(56)34-15-12-13-20-49(34)9)35(26(3)4)23-36(59-29(7)51)42-46-33(24-60-42)40(55)45-31(21-28(6)39(54)48-44-8)22-30-16-18-32(52)19-17-30/h16-19,24,26-28,31,34-36,38,44,52H,10-15,20-23,25H2,1-9H3,(H,45,55)(H,47,56)(H,48,54)/t27?,28-,31+,34+,35+,36+,38-/m0/s1. The number of likely N-dealkylation sites (tertiary alicyclic amines) is 1. The third-order valence-electron chi connectivity index (χ3n) is 11.0. The molecule has 0 radical (unpaired) electrons. The van der Waals surface area contributed by atoms with Crippen molar-refractivity contribution < 1.29 is 43.3 Å². The van der Waals surface area contributed by atoms with E-state index < -0.39 is 53.9 Å². The van der Waals surface area contributed by atoms with Crippen LogP contribution in [-0.4, -0.2) is 107 Å². The van der Waals surface area contributed by atoms with Gasteiger partial charge in [-0.25, -0.2) is 10.4 Å². The van der Waals surface area contributed by atoms with Gasteiger partial charge in [0.05, 0.1) is 6.04 Å². The zero-order chi connectivity index (χ0) is 44.5. The number of phenolic OH excluding ortho intramolecular Hbond substituents is 1. The predicted molar refractivity (Wildman–Crippen MR) is 228 cm³/mol. The largest absolute Gasteiger partial charge is 0.508 e. The van der Waals surface area contributed by atoms with Gasteiger partial charge in [0.15, 0.2) is 12.8 Å². The Kier molecular flexibility index (Phi) is 20.4. The molecule has 4 amide bonds. The summed E-state index contributed by atoms with van der Waals surface area (Å²) in [6, 6.07) is 4.14. The third-order valence-corrected chi connectivity index (χ3v) is 11.9. The van der Waals surface area contributed by atoms with Gasteiger partial charge in [-0.15, -0.1) is 11.3 Å². The van der Waals surface area contributed by atoms with Gasteiger partial charge in [-0.05, 0) is 75.2 Å². The Labute approximate surface area is 358 Å². The number of hydrazine groups is 1. The third kappa shape index (κ3) is 15.1. The van der Waals surface area contributed by atoms with Gasteiger partial charge in [0.1, 0.15) is 22.5 Å². The highest BCUT2D eigenvalue weighted by molar-refractivity contribution is 7.09. The summed E-state index contributed by atoms with van der Waals surface area (Å²) in [5.74, 6) is -3.35. The van der Waals surface area contributed by atoms with Crippen LogP contribution in [0.5, 0.6) is 5.75 Å². The van der Waals surface area contributed by atoms with Crippen LogP contribution in [-0.2, 0) is 39.9 Å². The van der Waals surface area contributed by atoms with Crippen molar-refractivity contribution in [2.75, 3.05) is 27.4 Å². The van der Waals surface area contributed by atoms with E-state index in [4.69, 9.17) is 9.47 Å². The van der Waals surface area contributed by atoms with Crippen LogP contribution in [0.3, 0.4) is 0 Å². The molecule has 3 rings (SSSR count). The van der Waals surface area contributed by atoms with Gasteiger partial charge in [-0.3, -0.25) is 39.1 Å². The zero-order valence-corrected chi connectivity index (χ0v) is 37.6. The van der Waals surface area contributed by atoms with Gasteiger partial charge in [0.2, 0.25) is 17.7 Å². The van der Waals surface area contributed by atoms with Gasteiger partial charge in [0, 0.05) is 50.2 Å². The first kappa shape index (κ1) is 49.8. The summed E-state index contributed by atoms with van der Waals surface area (Å²) < 4.78 is 11.5. The lowest BCUT2D eigenvalue weighted by Gasteiger charge is -2.39. The van der Waals surface area contributed by atoms with Gasteiger partial charge in [0.25, 0.3) is 5.91 Å². The monoisotopic (exact) mass is 857 g/mol. The summed E-state index contributed by atoms with van der Waals surface area (Å²) >= 11 is 1.12. The number of hydrogen-bond acceptors (Lipinski definition) is 13. The van der Waals surface area contributed by atoms with Crippen molar-refractivity contribution in [2.24, 2.45) is 17.8 Å². The van der Waals surface area contributed by atoms with Crippen molar-refractivity contribution in [1.82, 2.24) is 36.3 Å². The fourth-order valence-corrected chi connectivity index (χ4v) is 8.16. The molecule has 60 heavy (non-hydrogen) atoms. The molecule has 2 heterocycles. The topological polar surface area (TPSA) is 209 Å². The van der Waals surface area contributed by atoms with Gasteiger partial charge in [-0.1, -0.05) is 66.5 Å². The number of likely N-dealkylation sites (N-methyl/N-ethyl adjacent to an activating group) is 1. The normalized spacial score (nSPS) is 17.3. The van der Waals surface area contributed by atoms with Gasteiger partial charge >= 0.3 is 11.9 Å². The van der Waals surface area contributed by atoms with Crippen LogP contribution < -0.4 is 21.5 Å². The van der Waals surface area contributed by atoms with E-state index in [2.05, 4.69) is 26.5 Å². The molecule has 0 bridgehead atoms. The number of thiazole rings is 1. The minimum Gasteiger partial charge on any atom is -0.508 e. The Hall–Kier alpha value is -4.61. The van der Waals surface area contributed by atoms with E-state index in [0.717, 1.165) is 36.3 Å². The smallest absolute Gasteiger partial charge is 0.307 e. The minimum absolute atomic E-state index is 0.0526. The molecular formula is C43H67N7O9S. The molecule has 7 atom stereocenters. The number of phenols is 1. The van der Waals surface area contributed by atoms with E-state index in [9.17, 15) is 33.9 Å². The number of carbonyl (C=O) groups excluding carboxylic acids is 6. The van der Waals surface area contributed by atoms with Crippen molar-refractivity contribution >= 4 is 46.9 Å².